The standard InChI is InChI=1S/C13H15ClN2O4/c1-20-11-5-10(9(14)4-8(11)13(18)19)16-12(17)6-15-7-2-3-7/h4-5,7,15H,2-3,6H2,1H3,(H,16,17)(H,18,19). The van der Waals surface area contributed by atoms with Crippen LogP contribution in [-0.4, -0.2) is 36.7 Å². The number of aromatic carboxylic acids is 1. The summed E-state index contributed by atoms with van der Waals surface area (Å²) in [5.41, 5.74) is 0.280. The number of halogens is 1. The van der Waals surface area contributed by atoms with Crippen LogP contribution in [0.25, 0.3) is 0 Å². The summed E-state index contributed by atoms with van der Waals surface area (Å²) in [6.45, 7) is 0.198. The summed E-state index contributed by atoms with van der Waals surface area (Å²) in [7, 11) is 1.36. The number of amides is 1. The zero-order valence-corrected chi connectivity index (χ0v) is 11.7. The zero-order chi connectivity index (χ0) is 14.7. The highest BCUT2D eigenvalue weighted by Crippen LogP contribution is 2.31. The largest absolute Gasteiger partial charge is 0.496 e. The van der Waals surface area contributed by atoms with Gasteiger partial charge in [0.2, 0.25) is 5.91 Å². The molecule has 0 atom stereocenters. The van der Waals surface area contributed by atoms with Gasteiger partial charge in [0, 0.05) is 12.1 Å². The van der Waals surface area contributed by atoms with Crippen LogP contribution in [0.5, 0.6) is 5.75 Å². The van der Waals surface area contributed by atoms with Crippen molar-refractivity contribution in [2.45, 2.75) is 18.9 Å². The smallest absolute Gasteiger partial charge is 0.339 e. The molecule has 0 aliphatic heterocycles. The summed E-state index contributed by atoms with van der Waals surface area (Å²) in [5.74, 6) is -1.23. The number of carboxylic acids is 1. The first-order chi connectivity index (χ1) is 9.51. The van der Waals surface area contributed by atoms with Gasteiger partial charge in [-0.1, -0.05) is 11.6 Å². The molecule has 0 aromatic heterocycles. The summed E-state index contributed by atoms with van der Waals surface area (Å²) < 4.78 is 4.99. The second-order valence-electron chi connectivity index (χ2n) is 4.54. The second kappa shape index (κ2) is 6.11. The van der Waals surface area contributed by atoms with Crippen LogP contribution in [-0.2, 0) is 4.79 Å². The summed E-state index contributed by atoms with van der Waals surface area (Å²) >= 11 is 5.97. The molecule has 1 saturated carbocycles. The number of rotatable bonds is 6. The summed E-state index contributed by atoms with van der Waals surface area (Å²) in [4.78, 5) is 22.7. The molecule has 0 saturated heterocycles. The molecule has 0 bridgehead atoms. The van der Waals surface area contributed by atoms with Gasteiger partial charge < -0.3 is 20.5 Å². The molecular weight excluding hydrogens is 284 g/mol. The molecule has 0 spiro atoms. The summed E-state index contributed by atoms with van der Waals surface area (Å²) in [5, 5.41) is 14.9. The van der Waals surface area contributed by atoms with Gasteiger partial charge in [0.1, 0.15) is 11.3 Å². The van der Waals surface area contributed by atoms with E-state index in [1.165, 1.54) is 19.2 Å². The van der Waals surface area contributed by atoms with Gasteiger partial charge >= 0.3 is 5.97 Å². The number of anilines is 1. The number of carboxylic acid groups (broad SMARTS) is 1. The Bertz CT molecular complexity index is 543. The third-order valence-corrected chi connectivity index (χ3v) is 3.24. The molecule has 3 N–H and O–H groups in total. The highest BCUT2D eigenvalue weighted by Gasteiger charge is 2.21. The third-order valence-electron chi connectivity index (χ3n) is 2.92. The first-order valence-corrected chi connectivity index (χ1v) is 6.53. The SMILES string of the molecule is COc1cc(NC(=O)CNC2CC2)c(Cl)cc1C(=O)O. The van der Waals surface area contributed by atoms with Crippen molar-refractivity contribution in [1.29, 1.82) is 0 Å². The lowest BCUT2D eigenvalue weighted by atomic mass is 10.1. The fraction of sp³-hybridized carbons (Fsp3) is 0.385. The maximum atomic E-state index is 11.7. The van der Waals surface area contributed by atoms with Crippen molar-refractivity contribution < 1.29 is 19.4 Å². The molecular formula is C13H15ClN2O4. The van der Waals surface area contributed by atoms with Crippen molar-refractivity contribution in [1.82, 2.24) is 5.32 Å². The van der Waals surface area contributed by atoms with E-state index in [0.29, 0.717) is 11.7 Å². The Morgan fingerprint density at radius 2 is 2.15 bits per heavy atom. The Kier molecular flexibility index (Phi) is 4.46. The highest BCUT2D eigenvalue weighted by atomic mass is 35.5. The molecule has 1 aliphatic carbocycles. The minimum Gasteiger partial charge on any atom is -0.496 e. The predicted octanol–water partition coefficient (Wildman–Crippen LogP) is 1.74. The molecule has 1 aliphatic rings. The number of methoxy groups -OCH3 is 1. The number of ether oxygens (including phenoxy) is 1. The van der Waals surface area contributed by atoms with E-state index in [2.05, 4.69) is 10.6 Å². The van der Waals surface area contributed by atoms with Crippen molar-refractivity contribution in [3.05, 3.63) is 22.7 Å². The van der Waals surface area contributed by atoms with Crippen molar-refractivity contribution >= 4 is 29.2 Å². The molecule has 0 unspecified atom stereocenters. The van der Waals surface area contributed by atoms with Crippen LogP contribution in [0.3, 0.4) is 0 Å². The van der Waals surface area contributed by atoms with Crippen LogP contribution < -0.4 is 15.4 Å². The van der Waals surface area contributed by atoms with Crippen LogP contribution in [0.2, 0.25) is 5.02 Å². The maximum absolute atomic E-state index is 11.7. The zero-order valence-electron chi connectivity index (χ0n) is 10.9. The molecule has 1 aromatic rings. The van der Waals surface area contributed by atoms with E-state index in [4.69, 9.17) is 21.4 Å². The van der Waals surface area contributed by atoms with Gasteiger partial charge in [0.05, 0.1) is 24.4 Å². The van der Waals surface area contributed by atoms with Crippen LogP contribution >= 0.6 is 11.6 Å². The number of hydrogen-bond acceptors (Lipinski definition) is 4. The molecule has 1 fully saturated rings. The average molecular weight is 299 g/mol. The Labute approximate surface area is 121 Å². The fourth-order valence-corrected chi connectivity index (χ4v) is 1.91. The van der Waals surface area contributed by atoms with Crippen LogP contribution in [0, 0.1) is 0 Å². The van der Waals surface area contributed by atoms with Gasteiger partial charge in [-0.25, -0.2) is 4.79 Å². The van der Waals surface area contributed by atoms with Crippen LogP contribution in [0.1, 0.15) is 23.2 Å². The highest BCUT2D eigenvalue weighted by molar-refractivity contribution is 6.34. The second-order valence-corrected chi connectivity index (χ2v) is 4.95. The van der Waals surface area contributed by atoms with Crippen molar-refractivity contribution in [3.63, 3.8) is 0 Å². The topological polar surface area (TPSA) is 87.7 Å². The van der Waals surface area contributed by atoms with E-state index < -0.39 is 5.97 Å². The van der Waals surface area contributed by atoms with E-state index in [9.17, 15) is 9.59 Å². The Morgan fingerprint density at radius 1 is 1.45 bits per heavy atom. The fourth-order valence-electron chi connectivity index (χ4n) is 1.70. The van der Waals surface area contributed by atoms with Gasteiger partial charge in [-0.3, -0.25) is 4.79 Å². The van der Waals surface area contributed by atoms with Crippen LogP contribution in [0.15, 0.2) is 12.1 Å². The van der Waals surface area contributed by atoms with Gasteiger partial charge in [0.15, 0.2) is 0 Å². The van der Waals surface area contributed by atoms with Crippen molar-refractivity contribution in [2.24, 2.45) is 0 Å². The number of nitrogens with one attached hydrogen (secondary N) is 2. The molecule has 1 aromatic carbocycles. The normalized spacial score (nSPS) is 13.9. The van der Waals surface area contributed by atoms with Gasteiger partial charge in [-0.2, -0.15) is 0 Å². The van der Waals surface area contributed by atoms with E-state index in [0.717, 1.165) is 12.8 Å². The minimum absolute atomic E-state index is 0.0494. The lowest BCUT2D eigenvalue weighted by Gasteiger charge is -2.11. The van der Waals surface area contributed by atoms with E-state index in [-0.39, 0.29) is 28.8 Å². The third kappa shape index (κ3) is 3.61. The number of carbonyl (C=O) groups excluding carboxylic acids is 1. The Hall–Kier alpha value is -1.79. The molecule has 20 heavy (non-hydrogen) atoms. The van der Waals surface area contributed by atoms with E-state index >= 15 is 0 Å². The van der Waals surface area contributed by atoms with Gasteiger partial charge in [-0.15, -0.1) is 0 Å². The van der Waals surface area contributed by atoms with E-state index in [1.807, 2.05) is 0 Å². The lowest BCUT2D eigenvalue weighted by molar-refractivity contribution is -0.115. The van der Waals surface area contributed by atoms with Crippen molar-refractivity contribution in [3.8, 4) is 5.75 Å². The first-order valence-electron chi connectivity index (χ1n) is 6.15. The molecule has 1 amide bonds. The Balaban J connectivity index is 2.10. The number of carbonyl (C=O) groups is 2. The average Bonchev–Trinajstić information content (AvgIpc) is 3.22. The molecule has 0 radical (unpaired) electrons. The Morgan fingerprint density at radius 3 is 2.70 bits per heavy atom. The monoisotopic (exact) mass is 298 g/mol. The summed E-state index contributed by atoms with van der Waals surface area (Å²) in [6, 6.07) is 3.09. The molecule has 2 rings (SSSR count). The predicted molar refractivity (Wildman–Crippen MR) is 74.6 cm³/mol. The molecule has 6 nitrogen and oxygen atoms in total. The number of hydrogen-bond donors (Lipinski definition) is 3. The maximum Gasteiger partial charge on any atom is 0.339 e. The van der Waals surface area contributed by atoms with Crippen molar-refractivity contribution in [2.75, 3.05) is 19.0 Å². The lowest BCUT2D eigenvalue weighted by Crippen LogP contribution is -2.29. The van der Waals surface area contributed by atoms with Crippen LogP contribution in [0.4, 0.5) is 5.69 Å². The minimum atomic E-state index is -1.14. The first kappa shape index (κ1) is 14.6. The number of benzene rings is 1. The van der Waals surface area contributed by atoms with E-state index in [1.54, 1.807) is 0 Å². The van der Waals surface area contributed by atoms with Gasteiger partial charge in [0.25, 0.3) is 0 Å². The quantitative estimate of drug-likeness (QED) is 0.744. The molecule has 108 valence electrons. The van der Waals surface area contributed by atoms with Gasteiger partial charge in [-0.05, 0) is 18.9 Å². The molecule has 0 heterocycles. The summed E-state index contributed by atoms with van der Waals surface area (Å²) in [6.07, 6.45) is 2.18. The molecule has 7 heteroatoms.